The van der Waals surface area contributed by atoms with Crippen molar-refractivity contribution in [1.82, 2.24) is 0 Å². The van der Waals surface area contributed by atoms with Gasteiger partial charge >= 0.3 is 0 Å². The topological polar surface area (TPSA) is 364 Å². The first kappa shape index (κ1) is 53.5. The fourth-order valence-corrected chi connectivity index (χ4v) is 0.346. The smallest absolute Gasteiger partial charge is 0.100 e. The van der Waals surface area contributed by atoms with Crippen LogP contribution >= 0.6 is 0 Å². The van der Waals surface area contributed by atoms with Crippen LogP contribution in [0.25, 0.3) is 0 Å². The van der Waals surface area contributed by atoms with Gasteiger partial charge in [-0.05, 0) is 0 Å². The van der Waals surface area contributed by atoms with Gasteiger partial charge in [0.2, 0.25) is 0 Å². The summed E-state index contributed by atoms with van der Waals surface area (Å²) in [5.41, 5.74) is 0. The third-order valence-electron chi connectivity index (χ3n) is 2.53. The molecule has 0 rings (SSSR count). The number of hydrogen-bond acceptors (Lipinski definition) is 18. The van der Waals surface area contributed by atoms with Gasteiger partial charge in [-0.2, -0.15) is 0 Å². The molecule has 18 N–H and O–H groups in total. The second-order valence-corrected chi connectivity index (χ2v) is 6.11. The van der Waals surface area contributed by atoms with Crippen LogP contribution in [0.5, 0.6) is 0 Å². The van der Waals surface area contributed by atoms with Crippen LogP contribution in [-0.2, 0) is 0 Å². The molecule has 1 radical (unpaired) electrons. The third kappa shape index (κ3) is 72.3. The number of rotatable bonds is 12. The van der Waals surface area contributed by atoms with Gasteiger partial charge in [-0.3, -0.25) is 0 Å². The largest absolute Gasteiger partial charge is 0.394 e. The first-order chi connectivity index (χ1) is 16.8. The molecule has 0 aromatic heterocycles. The summed E-state index contributed by atoms with van der Waals surface area (Å²) in [5.74, 6) is 0. The molecule has 0 heterocycles. The zero-order valence-electron chi connectivity index (χ0n) is 21.0. The van der Waals surface area contributed by atoms with E-state index in [1.807, 2.05) is 0 Å². The molecule has 0 aliphatic carbocycles. The van der Waals surface area contributed by atoms with Gasteiger partial charge in [-0.1, -0.05) is 0 Å². The van der Waals surface area contributed by atoms with Gasteiger partial charge in [0.05, 0.1) is 79.3 Å². The van der Waals surface area contributed by atoms with Crippen molar-refractivity contribution >= 4 is 29.6 Å². The minimum Gasteiger partial charge on any atom is -0.394 e. The van der Waals surface area contributed by atoms with Crippen molar-refractivity contribution in [2.45, 2.75) is 36.6 Å². The summed E-state index contributed by atoms with van der Waals surface area (Å²) in [6.07, 6.45) is -5.72. The van der Waals surface area contributed by atoms with Gasteiger partial charge in [0.1, 0.15) is 36.6 Å². The third-order valence-corrected chi connectivity index (χ3v) is 2.53. The standard InChI is InChI=1S/6C3H8O3.Na/c6*4-1-3(6)2-5;/h6*3-6H,1-2H2;. The van der Waals surface area contributed by atoms with Gasteiger partial charge in [0.15, 0.2) is 0 Å². The van der Waals surface area contributed by atoms with Crippen LogP contribution in [0, 0.1) is 0 Å². The maximum absolute atomic E-state index is 8.17. The van der Waals surface area contributed by atoms with Crippen LogP contribution in [-0.4, -0.2) is 237 Å². The Morgan fingerprint density at radius 2 is 0.270 bits per heavy atom. The van der Waals surface area contributed by atoms with E-state index in [-0.39, 0.29) is 109 Å². The van der Waals surface area contributed by atoms with Crippen LogP contribution in [0.1, 0.15) is 0 Å². The molecule has 0 aliphatic rings. The summed E-state index contributed by atoms with van der Waals surface area (Å²) in [4.78, 5) is 0. The second kappa shape index (κ2) is 49.3. The first-order valence-electron chi connectivity index (χ1n) is 10.2. The zero-order valence-corrected chi connectivity index (χ0v) is 23.0. The van der Waals surface area contributed by atoms with Crippen molar-refractivity contribution in [2.24, 2.45) is 0 Å². The van der Waals surface area contributed by atoms with E-state index in [0.717, 1.165) is 0 Å². The molecule has 0 amide bonds. The predicted molar refractivity (Wildman–Crippen MR) is 127 cm³/mol. The van der Waals surface area contributed by atoms with Crippen LogP contribution in [0.15, 0.2) is 0 Å². The van der Waals surface area contributed by atoms with Crippen molar-refractivity contribution in [2.75, 3.05) is 79.3 Å². The molecule has 229 valence electrons. The van der Waals surface area contributed by atoms with Crippen molar-refractivity contribution in [3.05, 3.63) is 0 Å². The fourth-order valence-electron chi connectivity index (χ4n) is 0.346. The van der Waals surface area contributed by atoms with Crippen molar-refractivity contribution in [1.29, 1.82) is 0 Å². The molecule has 0 fully saturated rings. The Morgan fingerprint density at radius 3 is 0.270 bits per heavy atom. The molecule has 19 heteroatoms. The van der Waals surface area contributed by atoms with Gasteiger partial charge < -0.3 is 91.9 Å². The molecular weight excluding hydrogens is 527 g/mol. The van der Waals surface area contributed by atoms with Gasteiger partial charge in [-0.25, -0.2) is 0 Å². The molecule has 0 saturated heterocycles. The van der Waals surface area contributed by atoms with E-state index in [4.69, 9.17) is 91.9 Å². The van der Waals surface area contributed by atoms with E-state index in [1.54, 1.807) is 0 Å². The summed E-state index contributed by atoms with van der Waals surface area (Å²) in [5, 5.41) is 144. The van der Waals surface area contributed by atoms with Crippen molar-refractivity contribution in [3.63, 3.8) is 0 Å². The van der Waals surface area contributed by atoms with Crippen LogP contribution in [0.2, 0.25) is 0 Å². The molecule has 18 nitrogen and oxygen atoms in total. The average Bonchev–Trinajstić information content (AvgIpc) is 2.95. The van der Waals surface area contributed by atoms with Crippen LogP contribution < -0.4 is 0 Å². The normalized spacial score (nSPS) is 9.73. The summed E-state index contributed by atoms with van der Waals surface area (Å²) >= 11 is 0. The Kier molecular flexibility index (Phi) is 71.2. The predicted octanol–water partition coefficient (Wildman–Crippen LogP) is -10.4. The van der Waals surface area contributed by atoms with E-state index in [2.05, 4.69) is 0 Å². The quantitative estimate of drug-likeness (QED) is 0.0959. The molecule has 0 unspecified atom stereocenters. The van der Waals surface area contributed by atoms with Crippen LogP contribution in [0.3, 0.4) is 0 Å². The Balaban J connectivity index is -0.0000000581. The average molecular weight is 576 g/mol. The van der Waals surface area contributed by atoms with Gasteiger partial charge in [0.25, 0.3) is 0 Å². The molecule has 0 spiro atoms. The Morgan fingerprint density at radius 1 is 0.216 bits per heavy atom. The zero-order chi connectivity index (χ0) is 29.9. The number of aliphatic hydroxyl groups is 18. The maximum atomic E-state index is 8.17. The number of aliphatic hydroxyl groups excluding tert-OH is 18. The minimum absolute atomic E-state index is 0. The van der Waals surface area contributed by atoms with E-state index in [1.165, 1.54) is 0 Å². The SMILES string of the molecule is OCC(O)CO.OCC(O)CO.OCC(O)CO.OCC(O)CO.OCC(O)CO.OCC(O)CO.[Na]. The Bertz CT molecular complexity index is 235. The molecule has 0 atom stereocenters. The van der Waals surface area contributed by atoms with Crippen molar-refractivity contribution < 1.29 is 91.9 Å². The molecule has 0 aromatic rings. The van der Waals surface area contributed by atoms with Gasteiger partial charge in [-0.15, -0.1) is 0 Å². The van der Waals surface area contributed by atoms with E-state index >= 15 is 0 Å². The minimum atomic E-state index is -0.954. The monoisotopic (exact) mass is 575 g/mol. The Hall–Kier alpha value is 0.280. The maximum Gasteiger partial charge on any atom is 0.100 e. The molecule has 0 aromatic carbocycles. The second-order valence-electron chi connectivity index (χ2n) is 6.11. The summed E-state index contributed by atoms with van der Waals surface area (Å²) in [7, 11) is 0. The van der Waals surface area contributed by atoms with E-state index in [9.17, 15) is 0 Å². The molecule has 37 heavy (non-hydrogen) atoms. The Labute approximate surface area is 237 Å². The van der Waals surface area contributed by atoms with E-state index < -0.39 is 36.6 Å². The number of hydrogen-bond donors (Lipinski definition) is 18. The molecule has 0 bridgehead atoms. The summed E-state index contributed by atoms with van der Waals surface area (Å²) in [6, 6.07) is 0. The van der Waals surface area contributed by atoms with Crippen LogP contribution in [0.4, 0.5) is 0 Å². The summed E-state index contributed by atoms with van der Waals surface area (Å²) < 4.78 is 0. The van der Waals surface area contributed by atoms with E-state index in [0.29, 0.717) is 0 Å². The first-order valence-corrected chi connectivity index (χ1v) is 10.2. The summed E-state index contributed by atoms with van der Waals surface area (Å²) in [6.45, 7) is -4.37. The molecule has 0 saturated carbocycles. The van der Waals surface area contributed by atoms with Crippen molar-refractivity contribution in [3.8, 4) is 0 Å². The van der Waals surface area contributed by atoms with Gasteiger partial charge in [0, 0.05) is 29.6 Å². The molecule has 0 aliphatic heterocycles. The fraction of sp³-hybridized carbons (Fsp3) is 1.00. The molecular formula is C18H48NaO18.